The van der Waals surface area contributed by atoms with Crippen LogP contribution in [0.5, 0.6) is 0 Å². The first-order chi connectivity index (χ1) is 5.70. The van der Waals surface area contributed by atoms with E-state index in [1.165, 1.54) is 0 Å². The van der Waals surface area contributed by atoms with Gasteiger partial charge in [0.2, 0.25) is 0 Å². The number of hydrogen-bond donors (Lipinski definition) is 1. The van der Waals surface area contributed by atoms with Gasteiger partial charge in [-0.1, -0.05) is 13.8 Å². The maximum Gasteiger partial charge on any atom is 0.0795 e. The first-order valence-corrected chi connectivity index (χ1v) is 5.25. The minimum absolute atomic E-state index is 0.562. The van der Waals surface area contributed by atoms with Crippen LogP contribution < -0.4 is 5.32 Å². The van der Waals surface area contributed by atoms with Crippen LogP contribution in [0.2, 0.25) is 0 Å². The third kappa shape index (κ3) is 2.91. The Hall–Kier alpha value is -0.410. The summed E-state index contributed by atoms with van der Waals surface area (Å²) in [6.45, 7) is 7.54. The van der Waals surface area contributed by atoms with Crippen LogP contribution in [0.4, 0.5) is 0 Å². The predicted octanol–water partition coefficient (Wildman–Crippen LogP) is 2.28. The third-order valence-corrected chi connectivity index (χ3v) is 2.72. The molecule has 1 N–H and O–H groups in total. The second-order valence-electron chi connectivity index (χ2n) is 3.39. The van der Waals surface area contributed by atoms with Crippen LogP contribution in [0.3, 0.4) is 0 Å². The molecule has 0 saturated heterocycles. The molecule has 12 heavy (non-hydrogen) atoms. The summed E-state index contributed by atoms with van der Waals surface area (Å²) in [7, 11) is 0. The van der Waals surface area contributed by atoms with Gasteiger partial charge in [-0.05, 0) is 12.8 Å². The lowest BCUT2D eigenvalue weighted by Gasteiger charge is -2.16. The number of aromatic nitrogens is 1. The summed E-state index contributed by atoms with van der Waals surface area (Å²) in [5.41, 5.74) is 3.02. The molecule has 0 aliphatic rings. The lowest BCUT2D eigenvalue weighted by molar-refractivity contribution is 0.424. The molecule has 1 unspecified atom stereocenters. The Morgan fingerprint density at radius 2 is 2.25 bits per heavy atom. The van der Waals surface area contributed by atoms with E-state index in [0.29, 0.717) is 12.0 Å². The summed E-state index contributed by atoms with van der Waals surface area (Å²) < 4.78 is 0. The smallest absolute Gasteiger partial charge is 0.0795 e. The Balaban J connectivity index is 2.27. The molecule has 1 aromatic heterocycles. The molecule has 0 amide bonds. The van der Waals surface area contributed by atoms with Gasteiger partial charge in [-0.25, -0.2) is 4.98 Å². The number of thiazole rings is 1. The summed E-state index contributed by atoms with van der Waals surface area (Å²) in [6, 6.07) is 0.562. The Bertz CT molecular complexity index is 206. The van der Waals surface area contributed by atoms with E-state index in [0.717, 1.165) is 12.2 Å². The van der Waals surface area contributed by atoms with E-state index >= 15 is 0 Å². The van der Waals surface area contributed by atoms with Gasteiger partial charge in [0.05, 0.1) is 11.2 Å². The second-order valence-corrected chi connectivity index (χ2v) is 4.11. The van der Waals surface area contributed by atoms with Crippen molar-refractivity contribution >= 4 is 11.3 Å². The van der Waals surface area contributed by atoms with Crippen LogP contribution in [-0.2, 0) is 6.54 Å². The minimum atomic E-state index is 0.562. The van der Waals surface area contributed by atoms with Crippen LogP contribution in [0.1, 0.15) is 26.5 Å². The second kappa shape index (κ2) is 4.58. The van der Waals surface area contributed by atoms with Crippen molar-refractivity contribution in [2.24, 2.45) is 5.92 Å². The number of hydrogen-bond acceptors (Lipinski definition) is 3. The molecule has 0 radical (unpaired) electrons. The highest BCUT2D eigenvalue weighted by Gasteiger charge is 2.05. The summed E-state index contributed by atoms with van der Waals surface area (Å²) in [6.07, 6.45) is 0. The van der Waals surface area contributed by atoms with Gasteiger partial charge in [-0.3, -0.25) is 0 Å². The maximum absolute atomic E-state index is 4.20. The maximum atomic E-state index is 4.20. The SMILES string of the molecule is CC(C)C(C)NCc1cscn1. The first-order valence-electron chi connectivity index (χ1n) is 4.30. The van der Waals surface area contributed by atoms with Crippen molar-refractivity contribution in [3.05, 3.63) is 16.6 Å². The normalized spacial score (nSPS) is 13.7. The molecule has 1 rings (SSSR count). The zero-order valence-corrected chi connectivity index (χ0v) is 8.69. The van der Waals surface area contributed by atoms with E-state index in [4.69, 9.17) is 0 Å². The van der Waals surface area contributed by atoms with E-state index in [1.807, 2.05) is 5.51 Å². The van der Waals surface area contributed by atoms with Gasteiger partial charge in [0.1, 0.15) is 0 Å². The molecule has 0 fully saturated rings. The number of nitrogens with zero attached hydrogens (tertiary/aromatic N) is 1. The van der Waals surface area contributed by atoms with Gasteiger partial charge in [0.25, 0.3) is 0 Å². The lowest BCUT2D eigenvalue weighted by atomic mass is 10.1. The van der Waals surface area contributed by atoms with Gasteiger partial charge in [-0.15, -0.1) is 11.3 Å². The van der Waals surface area contributed by atoms with Crippen molar-refractivity contribution in [3.8, 4) is 0 Å². The van der Waals surface area contributed by atoms with E-state index in [-0.39, 0.29) is 0 Å². The van der Waals surface area contributed by atoms with Crippen molar-refractivity contribution in [1.82, 2.24) is 10.3 Å². The standard InChI is InChI=1S/C9H16N2S/c1-7(2)8(3)10-4-9-5-12-6-11-9/h5-8,10H,4H2,1-3H3. The van der Waals surface area contributed by atoms with Gasteiger partial charge in [0, 0.05) is 18.0 Å². The number of nitrogens with one attached hydrogen (secondary N) is 1. The van der Waals surface area contributed by atoms with E-state index < -0.39 is 0 Å². The Kier molecular flexibility index (Phi) is 3.69. The van der Waals surface area contributed by atoms with Crippen molar-refractivity contribution in [3.63, 3.8) is 0 Å². The highest BCUT2D eigenvalue weighted by molar-refractivity contribution is 7.07. The Morgan fingerprint density at radius 1 is 1.50 bits per heavy atom. The molecular formula is C9H16N2S. The molecule has 0 bridgehead atoms. The molecule has 0 aliphatic heterocycles. The quantitative estimate of drug-likeness (QED) is 0.776. The van der Waals surface area contributed by atoms with Gasteiger partial charge < -0.3 is 5.32 Å². The van der Waals surface area contributed by atoms with Crippen LogP contribution in [0.25, 0.3) is 0 Å². The molecule has 0 aliphatic carbocycles. The van der Waals surface area contributed by atoms with Crippen molar-refractivity contribution in [1.29, 1.82) is 0 Å². The molecular weight excluding hydrogens is 168 g/mol. The Labute approximate surface area is 78.0 Å². The van der Waals surface area contributed by atoms with Crippen LogP contribution in [0.15, 0.2) is 10.9 Å². The fourth-order valence-electron chi connectivity index (χ4n) is 0.826. The molecule has 1 aromatic rings. The molecule has 0 saturated carbocycles. The summed E-state index contributed by atoms with van der Waals surface area (Å²) in [5, 5.41) is 5.51. The predicted molar refractivity (Wildman–Crippen MR) is 53.3 cm³/mol. The van der Waals surface area contributed by atoms with Crippen molar-refractivity contribution in [2.75, 3.05) is 0 Å². The molecule has 1 atom stereocenters. The summed E-state index contributed by atoms with van der Waals surface area (Å²) in [4.78, 5) is 4.20. The van der Waals surface area contributed by atoms with Crippen molar-refractivity contribution < 1.29 is 0 Å². The average Bonchev–Trinajstić information content (AvgIpc) is 2.51. The lowest BCUT2D eigenvalue weighted by Crippen LogP contribution is -2.30. The highest BCUT2D eigenvalue weighted by atomic mass is 32.1. The first kappa shape index (κ1) is 9.68. The fraction of sp³-hybridized carbons (Fsp3) is 0.667. The largest absolute Gasteiger partial charge is 0.308 e. The monoisotopic (exact) mass is 184 g/mol. The van der Waals surface area contributed by atoms with Gasteiger partial charge in [0.15, 0.2) is 0 Å². The summed E-state index contributed by atoms with van der Waals surface area (Å²) in [5.74, 6) is 0.684. The Morgan fingerprint density at radius 3 is 2.75 bits per heavy atom. The molecule has 1 heterocycles. The minimum Gasteiger partial charge on any atom is -0.308 e. The van der Waals surface area contributed by atoms with Gasteiger partial charge in [-0.2, -0.15) is 0 Å². The fourth-order valence-corrected chi connectivity index (χ4v) is 1.38. The molecule has 2 nitrogen and oxygen atoms in total. The van der Waals surface area contributed by atoms with E-state index in [9.17, 15) is 0 Å². The third-order valence-electron chi connectivity index (χ3n) is 2.09. The molecule has 3 heteroatoms. The molecule has 0 spiro atoms. The highest BCUT2D eigenvalue weighted by Crippen LogP contribution is 2.03. The van der Waals surface area contributed by atoms with Crippen LogP contribution in [0, 0.1) is 5.92 Å². The zero-order chi connectivity index (χ0) is 8.97. The average molecular weight is 184 g/mol. The van der Waals surface area contributed by atoms with Gasteiger partial charge >= 0.3 is 0 Å². The van der Waals surface area contributed by atoms with Crippen molar-refractivity contribution in [2.45, 2.75) is 33.4 Å². The number of rotatable bonds is 4. The zero-order valence-electron chi connectivity index (χ0n) is 7.87. The summed E-state index contributed by atoms with van der Waals surface area (Å²) >= 11 is 1.65. The molecule has 0 aromatic carbocycles. The van der Waals surface area contributed by atoms with Crippen LogP contribution >= 0.6 is 11.3 Å². The topological polar surface area (TPSA) is 24.9 Å². The van der Waals surface area contributed by atoms with Crippen LogP contribution in [-0.4, -0.2) is 11.0 Å². The van der Waals surface area contributed by atoms with E-state index in [2.05, 4.69) is 36.5 Å². The molecule has 68 valence electrons. The van der Waals surface area contributed by atoms with E-state index in [1.54, 1.807) is 11.3 Å².